The highest BCUT2D eigenvalue weighted by Gasteiger charge is 2.28. The topological polar surface area (TPSA) is 62.3 Å². The van der Waals surface area contributed by atoms with Crippen LogP contribution in [-0.2, 0) is 4.79 Å². The molecule has 2 amide bonds. The Balaban J connectivity index is 1.54. The predicted octanol–water partition coefficient (Wildman–Crippen LogP) is 3.40. The van der Waals surface area contributed by atoms with Gasteiger partial charge >= 0.3 is 0 Å². The van der Waals surface area contributed by atoms with Crippen molar-refractivity contribution in [2.75, 3.05) is 18.4 Å². The fraction of sp³-hybridized carbons (Fsp3) is 0.312. The number of thiazole rings is 1. The van der Waals surface area contributed by atoms with Crippen molar-refractivity contribution in [2.24, 2.45) is 5.92 Å². The Morgan fingerprint density at radius 1 is 1.22 bits per heavy atom. The van der Waals surface area contributed by atoms with Crippen LogP contribution in [0.25, 0.3) is 0 Å². The first-order valence-electron chi connectivity index (χ1n) is 7.38. The maximum atomic E-state index is 12.4. The average molecular weight is 394 g/mol. The van der Waals surface area contributed by atoms with E-state index in [4.69, 9.17) is 0 Å². The first-order valence-corrected chi connectivity index (χ1v) is 9.06. The molecule has 2 heterocycles. The fourth-order valence-corrected chi connectivity index (χ4v) is 3.41. The van der Waals surface area contributed by atoms with Gasteiger partial charge in [-0.1, -0.05) is 15.9 Å². The van der Waals surface area contributed by atoms with E-state index in [0.717, 1.165) is 4.47 Å². The molecule has 1 aliphatic rings. The van der Waals surface area contributed by atoms with Gasteiger partial charge in [0.2, 0.25) is 5.91 Å². The highest BCUT2D eigenvalue weighted by Crippen LogP contribution is 2.22. The average Bonchev–Trinajstić information content (AvgIpc) is 3.08. The van der Waals surface area contributed by atoms with Crippen molar-refractivity contribution in [1.29, 1.82) is 0 Å². The molecule has 0 atom stereocenters. The van der Waals surface area contributed by atoms with Gasteiger partial charge in [-0.25, -0.2) is 4.98 Å². The van der Waals surface area contributed by atoms with E-state index in [0.29, 0.717) is 36.6 Å². The van der Waals surface area contributed by atoms with Crippen LogP contribution in [0, 0.1) is 5.92 Å². The highest BCUT2D eigenvalue weighted by atomic mass is 79.9. The molecule has 0 spiro atoms. The van der Waals surface area contributed by atoms with Crippen LogP contribution in [-0.4, -0.2) is 34.8 Å². The van der Waals surface area contributed by atoms with E-state index in [1.807, 2.05) is 34.5 Å². The van der Waals surface area contributed by atoms with E-state index in [1.54, 1.807) is 6.20 Å². The molecule has 7 heteroatoms. The van der Waals surface area contributed by atoms with Gasteiger partial charge in [-0.05, 0) is 37.1 Å². The van der Waals surface area contributed by atoms with Gasteiger partial charge in [-0.15, -0.1) is 11.3 Å². The lowest BCUT2D eigenvalue weighted by Crippen LogP contribution is -2.41. The summed E-state index contributed by atoms with van der Waals surface area (Å²) in [5.41, 5.74) is 0.680. The van der Waals surface area contributed by atoms with Gasteiger partial charge < -0.3 is 10.2 Å². The van der Waals surface area contributed by atoms with Crippen LogP contribution >= 0.6 is 27.3 Å². The Labute approximate surface area is 146 Å². The Kier molecular flexibility index (Phi) is 5.07. The largest absolute Gasteiger partial charge is 0.339 e. The Hall–Kier alpha value is -1.73. The van der Waals surface area contributed by atoms with E-state index < -0.39 is 0 Å². The van der Waals surface area contributed by atoms with Crippen LogP contribution in [0.4, 0.5) is 5.13 Å². The minimum atomic E-state index is -0.0622. The molecule has 1 aromatic heterocycles. The number of aromatic nitrogens is 1. The van der Waals surface area contributed by atoms with Crippen LogP contribution in [0.3, 0.4) is 0 Å². The van der Waals surface area contributed by atoms with Gasteiger partial charge in [0.15, 0.2) is 5.13 Å². The van der Waals surface area contributed by atoms with Crippen LogP contribution in [0.15, 0.2) is 40.3 Å². The zero-order chi connectivity index (χ0) is 16.2. The van der Waals surface area contributed by atoms with Crippen molar-refractivity contribution in [3.8, 4) is 0 Å². The summed E-state index contributed by atoms with van der Waals surface area (Å²) in [4.78, 5) is 30.5. The van der Waals surface area contributed by atoms with E-state index in [1.165, 1.54) is 11.3 Å². The van der Waals surface area contributed by atoms with Crippen LogP contribution < -0.4 is 5.32 Å². The van der Waals surface area contributed by atoms with Crippen molar-refractivity contribution < 1.29 is 9.59 Å². The molecule has 0 bridgehead atoms. The number of nitrogens with zero attached hydrogens (tertiary/aromatic N) is 2. The lowest BCUT2D eigenvalue weighted by Gasteiger charge is -2.31. The number of carbonyl (C=O) groups is 2. The minimum absolute atomic E-state index is 0.00399. The number of hydrogen-bond acceptors (Lipinski definition) is 4. The molecular formula is C16H16BrN3O2S. The SMILES string of the molecule is O=C(Nc1nccs1)C1CCN(C(=O)c2ccc(Br)cc2)CC1. The number of halogens is 1. The smallest absolute Gasteiger partial charge is 0.253 e. The summed E-state index contributed by atoms with van der Waals surface area (Å²) in [5, 5.41) is 5.29. The second-order valence-electron chi connectivity index (χ2n) is 5.40. The summed E-state index contributed by atoms with van der Waals surface area (Å²) < 4.78 is 0.951. The molecule has 0 saturated carbocycles. The number of carbonyl (C=O) groups excluding carboxylic acids is 2. The normalized spacial score (nSPS) is 15.4. The molecule has 2 aromatic rings. The molecule has 23 heavy (non-hydrogen) atoms. The maximum Gasteiger partial charge on any atom is 0.253 e. The van der Waals surface area contributed by atoms with Crippen molar-refractivity contribution in [2.45, 2.75) is 12.8 Å². The second-order valence-corrected chi connectivity index (χ2v) is 7.21. The number of rotatable bonds is 3. The van der Waals surface area contributed by atoms with Gasteiger partial charge in [0.25, 0.3) is 5.91 Å². The van der Waals surface area contributed by atoms with E-state index in [-0.39, 0.29) is 17.7 Å². The minimum Gasteiger partial charge on any atom is -0.339 e. The van der Waals surface area contributed by atoms with Crippen molar-refractivity contribution in [1.82, 2.24) is 9.88 Å². The number of piperidine rings is 1. The first kappa shape index (κ1) is 16.1. The molecule has 0 radical (unpaired) electrons. The van der Waals surface area contributed by atoms with Crippen LogP contribution in [0.2, 0.25) is 0 Å². The zero-order valence-electron chi connectivity index (χ0n) is 12.4. The molecule has 5 nitrogen and oxygen atoms in total. The van der Waals surface area contributed by atoms with Crippen molar-refractivity contribution >= 4 is 44.2 Å². The molecule has 0 aliphatic carbocycles. The Bertz CT molecular complexity index is 680. The molecule has 3 rings (SSSR count). The quantitative estimate of drug-likeness (QED) is 0.868. The Morgan fingerprint density at radius 2 is 1.91 bits per heavy atom. The third-order valence-corrected chi connectivity index (χ3v) is 5.12. The van der Waals surface area contributed by atoms with E-state index in [2.05, 4.69) is 26.2 Å². The number of benzene rings is 1. The third-order valence-electron chi connectivity index (χ3n) is 3.91. The zero-order valence-corrected chi connectivity index (χ0v) is 14.8. The summed E-state index contributed by atoms with van der Waals surface area (Å²) in [6, 6.07) is 7.35. The van der Waals surface area contributed by atoms with Gasteiger partial charge in [0, 0.05) is 40.6 Å². The fourth-order valence-electron chi connectivity index (χ4n) is 2.61. The molecule has 1 fully saturated rings. The number of nitrogens with one attached hydrogen (secondary N) is 1. The first-order chi connectivity index (χ1) is 11.1. The molecule has 120 valence electrons. The Morgan fingerprint density at radius 3 is 2.52 bits per heavy atom. The molecule has 1 aromatic carbocycles. The molecule has 0 unspecified atom stereocenters. The molecule has 1 N–H and O–H groups in total. The van der Waals surface area contributed by atoms with Gasteiger partial charge in [0.05, 0.1) is 0 Å². The molecule has 1 aliphatic heterocycles. The summed E-state index contributed by atoms with van der Waals surface area (Å²) >= 11 is 4.77. The highest BCUT2D eigenvalue weighted by molar-refractivity contribution is 9.10. The summed E-state index contributed by atoms with van der Waals surface area (Å²) in [6.07, 6.45) is 3.03. The summed E-state index contributed by atoms with van der Waals surface area (Å²) in [6.45, 7) is 1.20. The third kappa shape index (κ3) is 3.97. The second kappa shape index (κ2) is 7.23. The summed E-state index contributed by atoms with van der Waals surface area (Å²) in [7, 11) is 0. The number of anilines is 1. The van der Waals surface area contributed by atoms with Crippen LogP contribution in [0.5, 0.6) is 0 Å². The van der Waals surface area contributed by atoms with Crippen molar-refractivity contribution in [3.63, 3.8) is 0 Å². The van der Waals surface area contributed by atoms with Gasteiger partial charge in [-0.2, -0.15) is 0 Å². The number of amides is 2. The molecular weight excluding hydrogens is 378 g/mol. The maximum absolute atomic E-state index is 12.4. The van der Waals surface area contributed by atoms with Gasteiger partial charge in [-0.3, -0.25) is 9.59 Å². The van der Waals surface area contributed by atoms with Crippen LogP contribution in [0.1, 0.15) is 23.2 Å². The van der Waals surface area contributed by atoms with E-state index in [9.17, 15) is 9.59 Å². The van der Waals surface area contributed by atoms with Gasteiger partial charge in [0.1, 0.15) is 0 Å². The standard InChI is InChI=1S/C16H16BrN3O2S/c17-13-3-1-12(2-4-13)15(22)20-8-5-11(6-9-20)14(21)19-16-18-7-10-23-16/h1-4,7,10-11H,5-6,8-9H2,(H,18,19,21). The molecule has 1 saturated heterocycles. The predicted molar refractivity (Wildman–Crippen MR) is 93.5 cm³/mol. The lowest BCUT2D eigenvalue weighted by atomic mass is 9.95. The lowest BCUT2D eigenvalue weighted by molar-refractivity contribution is -0.121. The van der Waals surface area contributed by atoms with E-state index >= 15 is 0 Å². The number of likely N-dealkylation sites (tertiary alicyclic amines) is 1. The van der Waals surface area contributed by atoms with Crippen molar-refractivity contribution in [3.05, 3.63) is 45.9 Å². The summed E-state index contributed by atoms with van der Waals surface area (Å²) in [5.74, 6) is -0.0418. The monoisotopic (exact) mass is 393 g/mol. The number of hydrogen-bond donors (Lipinski definition) is 1.